The zero-order chi connectivity index (χ0) is 15.6. The first-order valence-electron chi connectivity index (χ1n) is 7.62. The second-order valence-corrected chi connectivity index (χ2v) is 6.64. The minimum atomic E-state index is -0.212. The van der Waals surface area contributed by atoms with Gasteiger partial charge in [0.25, 0.3) is 0 Å². The van der Waals surface area contributed by atoms with Gasteiger partial charge in [0.05, 0.1) is 12.8 Å². The Labute approximate surface area is 137 Å². The molecule has 0 unspecified atom stereocenters. The fourth-order valence-corrected chi connectivity index (χ4v) is 3.39. The molecule has 0 saturated heterocycles. The summed E-state index contributed by atoms with van der Waals surface area (Å²) in [4.78, 5) is 0. The number of furan rings is 1. The number of hydrogen-bond acceptors (Lipinski definition) is 4. The van der Waals surface area contributed by atoms with Crippen molar-refractivity contribution >= 4 is 11.8 Å². The number of thioether (sulfide) groups is 1. The Bertz CT molecular complexity index is 779. The number of benzene rings is 1. The quantitative estimate of drug-likeness (QED) is 0.635. The van der Waals surface area contributed by atoms with Gasteiger partial charge in [-0.25, -0.2) is 4.39 Å². The summed E-state index contributed by atoms with van der Waals surface area (Å²) in [5, 5.41) is 9.61. The molecule has 118 valence electrons. The smallest absolute Gasteiger partial charge is 0.191 e. The molecule has 3 aromatic rings. The average Bonchev–Trinajstić information content (AvgIpc) is 3.13. The van der Waals surface area contributed by atoms with Crippen LogP contribution in [-0.4, -0.2) is 14.8 Å². The monoisotopic (exact) mass is 329 g/mol. The molecule has 4 rings (SSSR count). The second kappa shape index (κ2) is 6.20. The van der Waals surface area contributed by atoms with Gasteiger partial charge >= 0.3 is 0 Å². The van der Waals surface area contributed by atoms with Gasteiger partial charge in [-0.1, -0.05) is 23.9 Å². The summed E-state index contributed by atoms with van der Waals surface area (Å²) in [5.41, 5.74) is 1.07. The highest BCUT2D eigenvalue weighted by Gasteiger charge is 2.30. The predicted octanol–water partition coefficient (Wildman–Crippen LogP) is 4.23. The number of hydrogen-bond donors (Lipinski definition) is 0. The Morgan fingerprint density at radius 3 is 2.70 bits per heavy atom. The zero-order valence-electron chi connectivity index (χ0n) is 12.5. The minimum Gasteiger partial charge on any atom is -0.467 e. The van der Waals surface area contributed by atoms with Crippen LogP contribution in [0.15, 0.2) is 52.2 Å². The first-order valence-corrected chi connectivity index (χ1v) is 8.61. The van der Waals surface area contributed by atoms with Crippen molar-refractivity contribution in [3.05, 3.63) is 65.6 Å². The van der Waals surface area contributed by atoms with Crippen LogP contribution in [-0.2, 0) is 12.3 Å². The Kier molecular flexibility index (Phi) is 3.91. The van der Waals surface area contributed by atoms with Gasteiger partial charge in [0.1, 0.15) is 17.4 Å². The van der Waals surface area contributed by atoms with Crippen LogP contribution in [0, 0.1) is 5.82 Å². The van der Waals surface area contributed by atoms with Crippen LogP contribution in [0.25, 0.3) is 0 Å². The summed E-state index contributed by atoms with van der Waals surface area (Å²) in [6, 6.07) is 10.4. The average molecular weight is 329 g/mol. The Morgan fingerprint density at radius 2 is 2.00 bits per heavy atom. The third kappa shape index (κ3) is 3.32. The summed E-state index contributed by atoms with van der Waals surface area (Å²) in [7, 11) is 0. The lowest BCUT2D eigenvalue weighted by Gasteiger charge is -2.08. The van der Waals surface area contributed by atoms with Gasteiger partial charge < -0.3 is 4.42 Å². The highest BCUT2D eigenvalue weighted by Crippen LogP contribution is 2.40. The molecule has 6 heteroatoms. The number of rotatable bonds is 6. The van der Waals surface area contributed by atoms with Crippen molar-refractivity contribution in [2.75, 3.05) is 0 Å². The molecule has 0 bridgehead atoms. The van der Waals surface area contributed by atoms with Crippen molar-refractivity contribution < 1.29 is 8.81 Å². The van der Waals surface area contributed by atoms with Gasteiger partial charge in [-0.15, -0.1) is 10.2 Å². The van der Waals surface area contributed by atoms with Crippen LogP contribution < -0.4 is 0 Å². The lowest BCUT2D eigenvalue weighted by molar-refractivity contribution is 0.478. The van der Waals surface area contributed by atoms with Gasteiger partial charge in [-0.3, -0.25) is 4.57 Å². The highest BCUT2D eigenvalue weighted by molar-refractivity contribution is 7.98. The first kappa shape index (κ1) is 14.5. The van der Waals surface area contributed by atoms with Crippen molar-refractivity contribution in [2.45, 2.75) is 36.2 Å². The Morgan fingerprint density at radius 1 is 1.17 bits per heavy atom. The van der Waals surface area contributed by atoms with E-state index in [2.05, 4.69) is 14.8 Å². The van der Waals surface area contributed by atoms with Crippen LogP contribution in [0.4, 0.5) is 4.39 Å². The molecule has 0 N–H and O–H groups in total. The number of aromatic nitrogens is 3. The van der Waals surface area contributed by atoms with Gasteiger partial charge in [0, 0.05) is 11.7 Å². The molecule has 1 aromatic carbocycles. The minimum absolute atomic E-state index is 0.212. The van der Waals surface area contributed by atoms with Crippen molar-refractivity contribution in [1.29, 1.82) is 0 Å². The molecule has 2 heterocycles. The largest absolute Gasteiger partial charge is 0.467 e. The summed E-state index contributed by atoms with van der Waals surface area (Å²) in [6.07, 6.45) is 4.04. The van der Waals surface area contributed by atoms with E-state index in [-0.39, 0.29) is 5.82 Å². The molecular weight excluding hydrogens is 313 g/mol. The van der Waals surface area contributed by atoms with E-state index in [0.29, 0.717) is 12.5 Å². The van der Waals surface area contributed by atoms with Crippen LogP contribution >= 0.6 is 11.8 Å². The van der Waals surface area contributed by atoms with E-state index in [0.717, 1.165) is 28.1 Å². The van der Waals surface area contributed by atoms with Crippen LogP contribution in [0.1, 0.15) is 35.9 Å². The van der Waals surface area contributed by atoms with Gasteiger partial charge in [0.15, 0.2) is 5.16 Å². The van der Waals surface area contributed by atoms with E-state index < -0.39 is 0 Å². The standard InChI is InChI=1S/C17H16FN3OS/c18-14-7-3-12(4-8-14)11-23-17-20-19-16(13-5-6-13)21(17)10-15-2-1-9-22-15/h1-4,7-9,13H,5-6,10-11H2. The van der Waals surface area contributed by atoms with Crippen LogP contribution in [0.2, 0.25) is 0 Å². The Hall–Kier alpha value is -2.08. The summed E-state index contributed by atoms with van der Waals surface area (Å²) < 4.78 is 20.6. The van der Waals surface area contributed by atoms with Gasteiger partial charge in [0.2, 0.25) is 0 Å². The van der Waals surface area contributed by atoms with Crippen molar-refractivity contribution in [3.63, 3.8) is 0 Å². The van der Waals surface area contributed by atoms with E-state index in [1.165, 1.54) is 25.0 Å². The van der Waals surface area contributed by atoms with E-state index >= 15 is 0 Å². The molecule has 2 aromatic heterocycles. The fraction of sp³-hybridized carbons (Fsp3) is 0.294. The van der Waals surface area contributed by atoms with Crippen LogP contribution in [0.5, 0.6) is 0 Å². The molecule has 4 nitrogen and oxygen atoms in total. The molecule has 23 heavy (non-hydrogen) atoms. The van der Waals surface area contributed by atoms with E-state index in [1.807, 2.05) is 12.1 Å². The third-order valence-corrected chi connectivity index (χ3v) is 4.90. The predicted molar refractivity (Wildman–Crippen MR) is 85.8 cm³/mol. The SMILES string of the molecule is Fc1ccc(CSc2nnc(C3CC3)n2Cc2ccco2)cc1. The van der Waals surface area contributed by atoms with Crippen molar-refractivity contribution in [2.24, 2.45) is 0 Å². The van der Waals surface area contributed by atoms with Crippen molar-refractivity contribution in [1.82, 2.24) is 14.8 Å². The summed E-state index contributed by atoms with van der Waals surface area (Å²) >= 11 is 1.62. The highest BCUT2D eigenvalue weighted by atomic mass is 32.2. The molecular formula is C17H16FN3OS. The van der Waals surface area contributed by atoms with E-state index in [1.54, 1.807) is 30.2 Å². The van der Waals surface area contributed by atoms with Gasteiger partial charge in [-0.2, -0.15) is 0 Å². The maximum absolute atomic E-state index is 13.0. The van der Waals surface area contributed by atoms with Crippen molar-refractivity contribution in [3.8, 4) is 0 Å². The maximum Gasteiger partial charge on any atom is 0.191 e. The zero-order valence-corrected chi connectivity index (χ0v) is 13.3. The van der Waals surface area contributed by atoms with Gasteiger partial charge in [-0.05, 0) is 42.7 Å². The molecule has 0 amide bonds. The number of nitrogens with zero attached hydrogens (tertiary/aromatic N) is 3. The second-order valence-electron chi connectivity index (χ2n) is 5.70. The molecule has 0 radical (unpaired) electrons. The molecule has 0 spiro atoms. The summed E-state index contributed by atoms with van der Waals surface area (Å²) in [5.74, 6) is 2.99. The first-order chi connectivity index (χ1) is 11.3. The Balaban J connectivity index is 1.54. The molecule has 0 atom stereocenters. The molecule has 0 aliphatic heterocycles. The topological polar surface area (TPSA) is 43.9 Å². The lowest BCUT2D eigenvalue weighted by atomic mass is 10.2. The maximum atomic E-state index is 13.0. The molecule has 1 aliphatic carbocycles. The van der Waals surface area contributed by atoms with E-state index in [9.17, 15) is 4.39 Å². The molecule has 1 aliphatic rings. The molecule has 1 fully saturated rings. The van der Waals surface area contributed by atoms with E-state index in [4.69, 9.17) is 4.42 Å². The number of halogens is 1. The normalized spacial score (nSPS) is 14.3. The molecule has 1 saturated carbocycles. The summed E-state index contributed by atoms with van der Waals surface area (Å²) in [6.45, 7) is 0.650. The fourth-order valence-electron chi connectivity index (χ4n) is 2.49. The lowest BCUT2D eigenvalue weighted by Crippen LogP contribution is -2.05. The third-order valence-electron chi connectivity index (χ3n) is 3.86. The van der Waals surface area contributed by atoms with Crippen LogP contribution in [0.3, 0.4) is 0 Å².